The molecule has 0 saturated heterocycles. The average Bonchev–Trinajstić information content (AvgIpc) is 2.61. The van der Waals surface area contributed by atoms with Gasteiger partial charge in [-0.2, -0.15) is 13.2 Å². The topological polar surface area (TPSA) is 53.1 Å². The van der Waals surface area contributed by atoms with Crippen LogP contribution in [-0.4, -0.2) is 21.6 Å². The summed E-state index contributed by atoms with van der Waals surface area (Å²) in [5.74, 6) is -1.03. The van der Waals surface area contributed by atoms with Crippen LogP contribution in [0.1, 0.15) is 12.0 Å². The summed E-state index contributed by atoms with van der Waals surface area (Å²) in [5, 5.41) is 9.27. The van der Waals surface area contributed by atoms with Crippen molar-refractivity contribution in [2.75, 3.05) is 0 Å². The first-order chi connectivity index (χ1) is 8.87. The second-order valence-corrected chi connectivity index (χ2v) is 5.00. The number of hydrogen-bond acceptors (Lipinski definition) is 2. The van der Waals surface area contributed by atoms with Gasteiger partial charge in [0, 0.05) is 29.1 Å². The quantitative estimate of drug-likeness (QED) is 0.842. The molecule has 0 aliphatic rings. The molecule has 2 aromatic rings. The van der Waals surface area contributed by atoms with E-state index < -0.39 is 11.5 Å². The van der Waals surface area contributed by atoms with Crippen molar-refractivity contribution in [2.24, 2.45) is 0 Å². The highest BCUT2D eigenvalue weighted by molar-refractivity contribution is 8.00. The van der Waals surface area contributed by atoms with Crippen LogP contribution in [-0.2, 0) is 11.2 Å². The van der Waals surface area contributed by atoms with Crippen molar-refractivity contribution < 1.29 is 23.1 Å². The molecule has 0 amide bonds. The van der Waals surface area contributed by atoms with Crippen LogP contribution in [0.25, 0.3) is 10.9 Å². The van der Waals surface area contributed by atoms with E-state index in [4.69, 9.17) is 5.11 Å². The number of alkyl halides is 3. The number of aliphatic carboxylic acids is 1. The molecule has 2 N–H and O–H groups in total. The van der Waals surface area contributed by atoms with Crippen molar-refractivity contribution >= 4 is 28.6 Å². The Balaban J connectivity index is 2.42. The molecule has 1 aromatic carbocycles. The van der Waals surface area contributed by atoms with E-state index in [2.05, 4.69) is 4.98 Å². The van der Waals surface area contributed by atoms with Gasteiger partial charge in [0.1, 0.15) is 0 Å². The average molecular weight is 289 g/mol. The number of carboxylic acid groups (broad SMARTS) is 1. The zero-order valence-corrected chi connectivity index (χ0v) is 10.4. The number of aromatic amines is 1. The fourth-order valence-corrected chi connectivity index (χ4v) is 2.59. The Bertz CT molecular complexity index is 607. The Morgan fingerprint density at radius 2 is 2.00 bits per heavy atom. The summed E-state index contributed by atoms with van der Waals surface area (Å²) in [5.41, 5.74) is -3.42. The number of nitrogens with one attached hydrogen (secondary N) is 1. The number of thioether (sulfide) groups is 1. The van der Waals surface area contributed by atoms with Gasteiger partial charge in [-0.15, -0.1) is 0 Å². The number of H-pyrrole nitrogens is 1. The zero-order valence-electron chi connectivity index (χ0n) is 9.62. The lowest BCUT2D eigenvalue weighted by Gasteiger charge is -2.06. The van der Waals surface area contributed by atoms with Crippen LogP contribution in [0.2, 0.25) is 0 Å². The van der Waals surface area contributed by atoms with Crippen molar-refractivity contribution in [3.05, 3.63) is 29.8 Å². The lowest BCUT2D eigenvalue weighted by atomic mass is 10.1. The van der Waals surface area contributed by atoms with Crippen molar-refractivity contribution in [2.45, 2.75) is 23.4 Å². The minimum atomic E-state index is -4.40. The van der Waals surface area contributed by atoms with E-state index in [1.54, 1.807) is 24.3 Å². The van der Waals surface area contributed by atoms with Crippen LogP contribution in [0, 0.1) is 0 Å². The smallest absolute Gasteiger partial charge is 0.447 e. The number of hydrogen-bond donors (Lipinski definition) is 2. The third-order valence-electron chi connectivity index (χ3n) is 2.58. The van der Waals surface area contributed by atoms with Gasteiger partial charge in [0.2, 0.25) is 0 Å². The van der Waals surface area contributed by atoms with Crippen molar-refractivity contribution in [1.82, 2.24) is 4.98 Å². The number of carboxylic acids is 1. The van der Waals surface area contributed by atoms with Gasteiger partial charge >= 0.3 is 11.5 Å². The second kappa shape index (κ2) is 5.16. The molecule has 1 heterocycles. The third-order valence-corrected chi connectivity index (χ3v) is 3.37. The van der Waals surface area contributed by atoms with Gasteiger partial charge in [0.05, 0.1) is 5.03 Å². The highest BCUT2D eigenvalue weighted by atomic mass is 32.2. The molecular weight excluding hydrogens is 279 g/mol. The van der Waals surface area contributed by atoms with Crippen molar-refractivity contribution in [1.29, 1.82) is 0 Å². The molecule has 0 aliphatic carbocycles. The molecule has 0 radical (unpaired) electrons. The summed E-state index contributed by atoms with van der Waals surface area (Å²) in [4.78, 5) is 13.3. The fourth-order valence-electron chi connectivity index (χ4n) is 1.86. The minimum absolute atomic E-state index is 0.0325. The fraction of sp³-hybridized carbons (Fsp3) is 0.250. The first kappa shape index (κ1) is 13.8. The van der Waals surface area contributed by atoms with Crippen LogP contribution >= 0.6 is 11.8 Å². The molecule has 0 saturated carbocycles. The van der Waals surface area contributed by atoms with E-state index in [0.717, 1.165) is 0 Å². The molecule has 7 heteroatoms. The van der Waals surface area contributed by atoms with Crippen LogP contribution in [0.4, 0.5) is 13.2 Å². The normalized spacial score (nSPS) is 11.9. The van der Waals surface area contributed by atoms with Crippen LogP contribution in [0.5, 0.6) is 0 Å². The Kier molecular flexibility index (Phi) is 3.75. The largest absolute Gasteiger partial charge is 0.481 e. The molecule has 3 nitrogen and oxygen atoms in total. The lowest BCUT2D eigenvalue weighted by molar-refractivity contribution is -0.136. The predicted molar refractivity (Wildman–Crippen MR) is 66.2 cm³/mol. The van der Waals surface area contributed by atoms with Gasteiger partial charge in [-0.25, -0.2) is 0 Å². The molecule has 0 bridgehead atoms. The SMILES string of the molecule is O=C(O)CCc1c(SC(F)(F)F)[nH]c2ccccc12. The summed E-state index contributed by atoms with van der Waals surface area (Å²) < 4.78 is 37.4. The lowest BCUT2D eigenvalue weighted by Crippen LogP contribution is -2.02. The van der Waals surface area contributed by atoms with E-state index in [1.807, 2.05) is 0 Å². The molecule has 0 unspecified atom stereocenters. The number of aromatic nitrogens is 1. The molecule has 102 valence electrons. The molecule has 0 atom stereocenters. The highest BCUT2D eigenvalue weighted by Crippen LogP contribution is 2.40. The van der Waals surface area contributed by atoms with Crippen molar-refractivity contribution in [3.8, 4) is 0 Å². The third kappa shape index (κ3) is 3.44. The number of fused-ring (bicyclic) bond motifs is 1. The second-order valence-electron chi connectivity index (χ2n) is 3.92. The highest BCUT2D eigenvalue weighted by Gasteiger charge is 2.32. The number of rotatable bonds is 4. The van der Waals surface area contributed by atoms with Gasteiger partial charge in [-0.1, -0.05) is 18.2 Å². The number of benzene rings is 1. The summed E-state index contributed by atoms with van der Waals surface area (Å²) in [6.45, 7) is 0. The molecule has 19 heavy (non-hydrogen) atoms. The van der Waals surface area contributed by atoms with Crippen molar-refractivity contribution in [3.63, 3.8) is 0 Å². The molecule has 1 aromatic heterocycles. The number of para-hydroxylation sites is 1. The Hall–Kier alpha value is -1.63. The van der Waals surface area contributed by atoms with Crippen LogP contribution in [0.15, 0.2) is 29.3 Å². The maximum absolute atomic E-state index is 12.5. The molecular formula is C12H10F3NO2S. The molecule has 0 aliphatic heterocycles. The van der Waals surface area contributed by atoms with Gasteiger partial charge in [0.25, 0.3) is 0 Å². The Morgan fingerprint density at radius 1 is 1.32 bits per heavy atom. The molecule has 2 rings (SSSR count). The standard InChI is InChI=1S/C12H10F3NO2S/c13-12(14,15)19-11-8(5-6-10(17)18)7-3-1-2-4-9(7)16-11/h1-4,16H,5-6H2,(H,17,18). The number of carbonyl (C=O) groups is 1. The predicted octanol–water partition coefficient (Wildman–Crippen LogP) is 3.80. The van der Waals surface area contributed by atoms with E-state index in [9.17, 15) is 18.0 Å². The van der Waals surface area contributed by atoms with E-state index in [-0.39, 0.29) is 29.6 Å². The maximum Gasteiger partial charge on any atom is 0.447 e. The van der Waals surface area contributed by atoms with Gasteiger partial charge in [-0.05, 0) is 18.1 Å². The van der Waals surface area contributed by atoms with Gasteiger partial charge < -0.3 is 10.1 Å². The zero-order chi connectivity index (χ0) is 14.0. The van der Waals surface area contributed by atoms with E-state index >= 15 is 0 Å². The molecule has 0 spiro atoms. The van der Waals surface area contributed by atoms with Gasteiger partial charge in [0.15, 0.2) is 0 Å². The first-order valence-corrected chi connectivity index (χ1v) is 6.25. The van der Waals surface area contributed by atoms with Crippen LogP contribution < -0.4 is 0 Å². The Morgan fingerprint density at radius 3 is 2.63 bits per heavy atom. The minimum Gasteiger partial charge on any atom is -0.481 e. The summed E-state index contributed by atoms with van der Waals surface area (Å²) in [7, 11) is 0. The van der Waals surface area contributed by atoms with E-state index in [0.29, 0.717) is 16.5 Å². The monoisotopic (exact) mass is 289 g/mol. The Labute approximate surface area is 110 Å². The summed E-state index contributed by atoms with van der Waals surface area (Å²) >= 11 is -0.244. The first-order valence-electron chi connectivity index (χ1n) is 5.44. The number of halogens is 3. The van der Waals surface area contributed by atoms with Crippen LogP contribution in [0.3, 0.4) is 0 Å². The van der Waals surface area contributed by atoms with Gasteiger partial charge in [-0.3, -0.25) is 4.79 Å². The molecule has 0 fully saturated rings. The maximum atomic E-state index is 12.5. The number of aryl methyl sites for hydroxylation is 1. The van der Waals surface area contributed by atoms with E-state index in [1.165, 1.54) is 0 Å². The summed E-state index contributed by atoms with van der Waals surface area (Å²) in [6, 6.07) is 6.77. The summed E-state index contributed by atoms with van der Waals surface area (Å²) in [6.07, 6.45) is -0.134.